The number of anilines is 1. The first-order valence-corrected chi connectivity index (χ1v) is 25.7. The molecule has 0 fully saturated rings. The highest BCUT2D eigenvalue weighted by molar-refractivity contribution is 6.78. The molecule has 0 aromatic heterocycles. The summed E-state index contributed by atoms with van der Waals surface area (Å²) in [6, 6.07) is 7.23. The summed E-state index contributed by atoms with van der Waals surface area (Å²) in [5.74, 6) is -1.56. The van der Waals surface area contributed by atoms with Gasteiger partial charge >= 0.3 is 6.09 Å². The largest absolute Gasteiger partial charge is 0.540 e. The van der Waals surface area contributed by atoms with Crippen molar-refractivity contribution in [3.05, 3.63) is 63.8 Å². The Bertz CT molecular complexity index is 1900. The molecule has 1 heterocycles. The summed E-state index contributed by atoms with van der Waals surface area (Å²) in [6.07, 6.45) is 0.760. The number of carbonyl (C=O) groups is 4. The quantitative estimate of drug-likeness (QED) is 0.0636. The fourth-order valence-electron chi connectivity index (χ4n) is 7.60. The van der Waals surface area contributed by atoms with Gasteiger partial charge in [-0.3, -0.25) is 24.5 Å². The number of ether oxygens (including phenoxy) is 1. The van der Waals surface area contributed by atoms with Gasteiger partial charge in [-0.1, -0.05) is 88.3 Å². The van der Waals surface area contributed by atoms with Gasteiger partial charge in [-0.05, 0) is 77.3 Å². The number of nitro groups is 1. The standard InChI is InChI=1S/C43H67N5O10Si2/c1-25(2)38(46-42(52)53)40(50)44-29(9)39(49)45-32-18-16-30(17-19-32)31-20-33(24-57-59(14,15)43(10,11)12)47(23-31)41(51)34-21-36(56-13)37(22-35(34)48(54)55)58-60(26(3)4,27(5)6)28(7)8/h16-19,21-23,25-29,33,38,46H,20,24H2,1-15H3,(H,44,50)(H,45,49)(H,52,53)/t29-,33-,38-/m0/s1. The Morgan fingerprint density at radius 2 is 1.47 bits per heavy atom. The van der Waals surface area contributed by atoms with Crippen molar-refractivity contribution in [1.29, 1.82) is 0 Å². The maximum Gasteiger partial charge on any atom is 0.405 e. The van der Waals surface area contributed by atoms with E-state index in [4.69, 9.17) is 18.7 Å². The first-order chi connectivity index (χ1) is 27.7. The zero-order valence-corrected chi connectivity index (χ0v) is 40.0. The molecule has 0 saturated heterocycles. The Balaban J connectivity index is 2.01. The van der Waals surface area contributed by atoms with Crippen molar-refractivity contribution in [1.82, 2.24) is 15.5 Å². The second kappa shape index (κ2) is 19.8. The van der Waals surface area contributed by atoms with Gasteiger partial charge in [0.2, 0.25) is 11.8 Å². The van der Waals surface area contributed by atoms with E-state index in [1.165, 1.54) is 31.1 Å². The van der Waals surface area contributed by atoms with Crippen LogP contribution in [0.1, 0.15) is 105 Å². The van der Waals surface area contributed by atoms with E-state index in [-0.39, 0.29) is 56.9 Å². The van der Waals surface area contributed by atoms with Crippen molar-refractivity contribution in [2.45, 2.75) is 142 Å². The summed E-state index contributed by atoms with van der Waals surface area (Å²) in [5, 5.41) is 29.3. The lowest BCUT2D eigenvalue weighted by Crippen LogP contribution is -2.53. The molecule has 0 spiro atoms. The number of carbonyl (C=O) groups excluding carboxylic acids is 3. The highest BCUT2D eigenvalue weighted by Gasteiger charge is 2.48. The van der Waals surface area contributed by atoms with Crippen LogP contribution in [-0.4, -0.2) is 87.2 Å². The van der Waals surface area contributed by atoms with Crippen molar-refractivity contribution in [2.75, 3.05) is 19.0 Å². The van der Waals surface area contributed by atoms with Crippen LogP contribution in [-0.2, 0) is 14.0 Å². The Kier molecular flexibility index (Phi) is 16.3. The predicted octanol–water partition coefficient (Wildman–Crippen LogP) is 9.17. The number of nitrogens with one attached hydrogen (secondary N) is 3. The molecule has 60 heavy (non-hydrogen) atoms. The predicted molar refractivity (Wildman–Crippen MR) is 239 cm³/mol. The van der Waals surface area contributed by atoms with Crippen LogP contribution in [0.5, 0.6) is 11.5 Å². The third-order valence-electron chi connectivity index (χ3n) is 12.0. The number of methoxy groups -OCH3 is 1. The molecule has 332 valence electrons. The molecule has 4 amide bonds. The minimum absolute atomic E-state index is 0.106. The zero-order valence-electron chi connectivity index (χ0n) is 38.0. The third-order valence-corrected chi connectivity index (χ3v) is 22.5. The Labute approximate surface area is 357 Å². The number of hydrogen-bond acceptors (Lipinski definition) is 9. The van der Waals surface area contributed by atoms with Gasteiger partial charge in [0.15, 0.2) is 19.8 Å². The van der Waals surface area contributed by atoms with E-state index in [0.717, 1.165) is 11.1 Å². The molecule has 0 unspecified atom stereocenters. The lowest BCUT2D eigenvalue weighted by molar-refractivity contribution is -0.385. The average molecular weight is 870 g/mol. The van der Waals surface area contributed by atoms with E-state index in [2.05, 4.69) is 91.4 Å². The van der Waals surface area contributed by atoms with Gasteiger partial charge in [-0.15, -0.1) is 0 Å². The summed E-state index contributed by atoms with van der Waals surface area (Å²) < 4.78 is 19.2. The molecule has 17 heteroatoms. The lowest BCUT2D eigenvalue weighted by Gasteiger charge is -2.42. The summed E-state index contributed by atoms with van der Waals surface area (Å²) in [5.41, 5.74) is 2.03. The van der Waals surface area contributed by atoms with E-state index in [1.807, 2.05) is 0 Å². The van der Waals surface area contributed by atoms with Crippen LogP contribution in [0.15, 0.2) is 42.6 Å². The van der Waals surface area contributed by atoms with Crippen LogP contribution < -0.4 is 25.1 Å². The van der Waals surface area contributed by atoms with Crippen molar-refractivity contribution >= 4 is 57.4 Å². The van der Waals surface area contributed by atoms with Crippen molar-refractivity contribution in [2.24, 2.45) is 5.92 Å². The Morgan fingerprint density at radius 3 is 1.93 bits per heavy atom. The molecule has 2 aromatic rings. The Morgan fingerprint density at radius 1 is 0.900 bits per heavy atom. The highest BCUT2D eigenvalue weighted by Crippen LogP contribution is 2.47. The number of benzene rings is 2. The zero-order chi connectivity index (χ0) is 45.7. The van der Waals surface area contributed by atoms with E-state index >= 15 is 0 Å². The van der Waals surface area contributed by atoms with Gasteiger partial charge in [0, 0.05) is 18.0 Å². The van der Waals surface area contributed by atoms with Crippen LogP contribution in [0, 0.1) is 16.0 Å². The number of nitrogens with zero attached hydrogens (tertiary/aromatic N) is 2. The molecule has 15 nitrogen and oxygen atoms in total. The average Bonchev–Trinajstić information content (AvgIpc) is 3.57. The third kappa shape index (κ3) is 11.3. The Hall–Kier alpha value is -4.75. The topological polar surface area (TPSA) is 199 Å². The maximum absolute atomic E-state index is 14.7. The molecule has 2 aromatic carbocycles. The molecule has 3 rings (SSSR count). The van der Waals surface area contributed by atoms with Gasteiger partial charge in [-0.25, -0.2) is 4.79 Å². The molecule has 0 radical (unpaired) electrons. The number of rotatable bonds is 18. The fourth-order valence-corrected chi connectivity index (χ4v) is 13.9. The second-order valence-corrected chi connectivity index (χ2v) is 28.6. The molecule has 1 aliphatic heterocycles. The van der Waals surface area contributed by atoms with Gasteiger partial charge in [0.25, 0.3) is 19.9 Å². The molecular formula is C43H67N5O10Si2. The monoisotopic (exact) mass is 869 g/mol. The van der Waals surface area contributed by atoms with Crippen molar-refractivity contribution < 1.29 is 42.8 Å². The molecule has 1 aliphatic rings. The van der Waals surface area contributed by atoms with Crippen molar-refractivity contribution in [3.63, 3.8) is 0 Å². The summed E-state index contributed by atoms with van der Waals surface area (Å²) in [4.78, 5) is 65.3. The molecule has 0 saturated carbocycles. The minimum atomic E-state index is -2.56. The fraction of sp³-hybridized carbons (Fsp3) is 0.581. The smallest absolute Gasteiger partial charge is 0.405 e. The molecular weight excluding hydrogens is 803 g/mol. The first-order valence-electron chi connectivity index (χ1n) is 20.6. The highest BCUT2D eigenvalue weighted by atomic mass is 28.4. The van der Waals surface area contributed by atoms with Crippen LogP contribution in [0.2, 0.25) is 34.8 Å². The summed E-state index contributed by atoms with van der Waals surface area (Å²) in [7, 11) is -3.39. The number of hydrogen-bond donors (Lipinski definition) is 4. The van der Waals surface area contributed by atoms with E-state index in [9.17, 15) is 29.3 Å². The first kappa shape index (κ1) is 49.6. The lowest BCUT2D eigenvalue weighted by atomic mass is 10.0. The molecule has 4 N–H and O–H groups in total. The van der Waals surface area contributed by atoms with Crippen LogP contribution >= 0.6 is 0 Å². The van der Waals surface area contributed by atoms with Crippen LogP contribution in [0.25, 0.3) is 5.57 Å². The van der Waals surface area contributed by atoms with Crippen molar-refractivity contribution in [3.8, 4) is 11.5 Å². The normalized spacial score (nSPS) is 15.8. The second-order valence-electron chi connectivity index (χ2n) is 18.5. The van der Waals surface area contributed by atoms with Crippen LogP contribution in [0.4, 0.5) is 16.2 Å². The number of amides is 4. The number of nitro benzene ring substituents is 1. The number of carboxylic acid groups (broad SMARTS) is 1. The van der Waals surface area contributed by atoms with Gasteiger partial charge in [-0.2, -0.15) is 0 Å². The molecule has 3 atom stereocenters. The summed E-state index contributed by atoms with van der Waals surface area (Å²) in [6.45, 7) is 28.4. The summed E-state index contributed by atoms with van der Waals surface area (Å²) >= 11 is 0. The van der Waals surface area contributed by atoms with E-state index in [0.29, 0.717) is 12.1 Å². The maximum atomic E-state index is 14.7. The van der Waals surface area contributed by atoms with E-state index in [1.54, 1.807) is 44.3 Å². The van der Waals surface area contributed by atoms with Crippen LogP contribution in [0.3, 0.4) is 0 Å². The SMILES string of the molecule is COc1cc(C(=O)N2C=C(c3ccc(NC(=O)[C@H](C)NC(=O)[C@@H](NC(=O)O)C(C)C)cc3)C[C@H]2CO[Si](C)(C)C(C)(C)C)c([N+](=O)[O-])cc1O[Si](C(C)C)(C(C)C)C(C)C. The van der Waals surface area contributed by atoms with E-state index < -0.39 is 63.5 Å². The minimum Gasteiger partial charge on any atom is -0.540 e. The van der Waals surface area contributed by atoms with Gasteiger partial charge in [0.05, 0.1) is 30.7 Å². The van der Waals surface area contributed by atoms with Gasteiger partial charge in [0.1, 0.15) is 17.6 Å². The van der Waals surface area contributed by atoms with Gasteiger partial charge < -0.3 is 39.5 Å². The molecule has 0 bridgehead atoms. The molecule has 0 aliphatic carbocycles.